The lowest BCUT2D eigenvalue weighted by Gasteiger charge is -2.12. The van der Waals surface area contributed by atoms with Crippen molar-refractivity contribution < 1.29 is 9.32 Å². The van der Waals surface area contributed by atoms with E-state index in [2.05, 4.69) is 5.32 Å². The van der Waals surface area contributed by atoms with Crippen molar-refractivity contribution in [2.75, 3.05) is 12.3 Å². The third-order valence-electron chi connectivity index (χ3n) is 2.70. The van der Waals surface area contributed by atoms with E-state index in [9.17, 15) is 9.32 Å². The smallest absolute Gasteiger partial charge is 0.0783 e. The first kappa shape index (κ1) is 14.3. The Labute approximate surface area is 119 Å². The standard InChI is InChI=1S/C12H15Cl2NO2S/c13-8-1-4-11(14)12(5-8)18(17)7-10(16)6-15-9-2-3-9/h1,4-5,9-10,15-16H,2-3,6-7H2. The second kappa shape index (κ2) is 6.35. The number of nitrogens with one attached hydrogen (secondary N) is 1. The van der Waals surface area contributed by atoms with Gasteiger partial charge in [0.15, 0.2) is 0 Å². The number of aliphatic hydroxyl groups excluding tert-OH is 1. The Hall–Kier alpha value is -0.130. The van der Waals surface area contributed by atoms with Crippen molar-refractivity contribution in [2.45, 2.75) is 29.9 Å². The number of aliphatic hydroxyl groups is 1. The second-order valence-electron chi connectivity index (χ2n) is 4.42. The Kier molecular flexibility index (Phi) is 5.04. The zero-order valence-electron chi connectivity index (χ0n) is 9.73. The molecule has 0 amide bonds. The minimum atomic E-state index is -1.34. The zero-order chi connectivity index (χ0) is 13.1. The topological polar surface area (TPSA) is 49.3 Å². The number of benzene rings is 1. The molecule has 2 unspecified atom stereocenters. The molecule has 3 nitrogen and oxygen atoms in total. The van der Waals surface area contributed by atoms with E-state index in [0.29, 0.717) is 27.5 Å². The summed E-state index contributed by atoms with van der Waals surface area (Å²) in [4.78, 5) is 0.481. The van der Waals surface area contributed by atoms with Gasteiger partial charge in [0.2, 0.25) is 0 Å². The van der Waals surface area contributed by atoms with Crippen LogP contribution in [0.15, 0.2) is 23.1 Å². The number of hydrogen-bond acceptors (Lipinski definition) is 3. The van der Waals surface area contributed by atoms with Gasteiger partial charge in [0.1, 0.15) is 0 Å². The molecule has 0 radical (unpaired) electrons. The van der Waals surface area contributed by atoms with Crippen molar-refractivity contribution in [1.29, 1.82) is 0 Å². The Bertz CT molecular complexity index is 452. The van der Waals surface area contributed by atoms with Crippen LogP contribution in [0.4, 0.5) is 0 Å². The van der Waals surface area contributed by atoms with Gasteiger partial charge in [-0.15, -0.1) is 0 Å². The third kappa shape index (κ3) is 4.21. The molecule has 1 aromatic carbocycles. The number of rotatable bonds is 6. The van der Waals surface area contributed by atoms with E-state index in [1.165, 1.54) is 0 Å². The maximum absolute atomic E-state index is 12.1. The highest BCUT2D eigenvalue weighted by Crippen LogP contribution is 2.24. The van der Waals surface area contributed by atoms with Crippen LogP contribution in [0.5, 0.6) is 0 Å². The van der Waals surface area contributed by atoms with E-state index in [0.717, 1.165) is 12.8 Å². The lowest BCUT2D eigenvalue weighted by molar-refractivity contribution is 0.194. The lowest BCUT2D eigenvalue weighted by atomic mass is 10.4. The number of hydrogen-bond donors (Lipinski definition) is 2. The van der Waals surface area contributed by atoms with E-state index in [1.807, 2.05) is 0 Å². The first-order valence-electron chi connectivity index (χ1n) is 5.81. The molecule has 6 heteroatoms. The summed E-state index contributed by atoms with van der Waals surface area (Å²) in [6.07, 6.45) is 1.69. The predicted octanol–water partition coefficient (Wildman–Crippen LogP) is 2.21. The summed E-state index contributed by atoms with van der Waals surface area (Å²) in [5.74, 6) is 0.166. The molecule has 0 aliphatic heterocycles. The predicted molar refractivity (Wildman–Crippen MR) is 74.8 cm³/mol. The van der Waals surface area contributed by atoms with Crippen LogP contribution in [0.25, 0.3) is 0 Å². The van der Waals surface area contributed by atoms with Gasteiger partial charge in [0.05, 0.1) is 32.6 Å². The van der Waals surface area contributed by atoms with Crippen LogP contribution in [-0.2, 0) is 10.8 Å². The molecule has 2 N–H and O–H groups in total. The van der Waals surface area contributed by atoms with Gasteiger partial charge in [-0.05, 0) is 31.0 Å². The van der Waals surface area contributed by atoms with E-state index in [4.69, 9.17) is 23.2 Å². The fourth-order valence-corrected chi connectivity index (χ4v) is 3.37. The van der Waals surface area contributed by atoms with Crippen molar-refractivity contribution in [2.24, 2.45) is 0 Å². The van der Waals surface area contributed by atoms with Crippen molar-refractivity contribution in [3.63, 3.8) is 0 Å². The molecule has 2 rings (SSSR count). The molecule has 0 bridgehead atoms. The largest absolute Gasteiger partial charge is 0.391 e. The van der Waals surface area contributed by atoms with Crippen LogP contribution < -0.4 is 5.32 Å². The van der Waals surface area contributed by atoms with E-state index >= 15 is 0 Å². The molecular formula is C12H15Cl2NO2S. The summed E-state index contributed by atoms with van der Waals surface area (Å²) >= 11 is 11.8. The SMILES string of the molecule is O=S(CC(O)CNC1CC1)c1cc(Cl)ccc1Cl. The molecule has 100 valence electrons. The highest BCUT2D eigenvalue weighted by atomic mass is 35.5. The molecule has 2 atom stereocenters. The van der Waals surface area contributed by atoms with E-state index in [-0.39, 0.29) is 5.75 Å². The molecule has 0 aromatic heterocycles. The van der Waals surface area contributed by atoms with Gasteiger partial charge in [-0.3, -0.25) is 4.21 Å². The summed E-state index contributed by atoms with van der Waals surface area (Å²) in [6.45, 7) is 0.467. The Morgan fingerprint density at radius 2 is 2.17 bits per heavy atom. The summed E-state index contributed by atoms with van der Waals surface area (Å²) in [7, 11) is -1.34. The van der Waals surface area contributed by atoms with Crippen molar-refractivity contribution in [3.8, 4) is 0 Å². The Morgan fingerprint density at radius 1 is 1.44 bits per heavy atom. The maximum atomic E-state index is 12.1. The van der Waals surface area contributed by atoms with Crippen LogP contribution in [0.2, 0.25) is 10.0 Å². The Morgan fingerprint density at radius 3 is 2.83 bits per heavy atom. The highest BCUT2D eigenvalue weighted by Gasteiger charge is 2.22. The molecule has 0 heterocycles. The number of halogens is 2. The third-order valence-corrected chi connectivity index (χ3v) is 4.89. The summed E-state index contributed by atoms with van der Waals surface area (Å²) in [5, 5.41) is 13.9. The summed E-state index contributed by atoms with van der Waals surface area (Å²) in [5.41, 5.74) is 0. The molecule has 0 spiro atoms. The van der Waals surface area contributed by atoms with Crippen LogP contribution in [0, 0.1) is 0 Å². The van der Waals surface area contributed by atoms with Crippen LogP contribution in [0.3, 0.4) is 0 Å². The van der Waals surface area contributed by atoms with Crippen LogP contribution >= 0.6 is 23.2 Å². The van der Waals surface area contributed by atoms with Gasteiger partial charge < -0.3 is 10.4 Å². The quantitative estimate of drug-likeness (QED) is 0.847. The zero-order valence-corrected chi connectivity index (χ0v) is 12.1. The molecule has 0 saturated heterocycles. The van der Waals surface area contributed by atoms with Gasteiger partial charge >= 0.3 is 0 Å². The fraction of sp³-hybridized carbons (Fsp3) is 0.500. The van der Waals surface area contributed by atoms with Gasteiger partial charge in [0.25, 0.3) is 0 Å². The van der Waals surface area contributed by atoms with Gasteiger partial charge in [0, 0.05) is 17.6 Å². The summed E-state index contributed by atoms with van der Waals surface area (Å²) in [6, 6.07) is 5.38. The van der Waals surface area contributed by atoms with Crippen molar-refractivity contribution in [3.05, 3.63) is 28.2 Å². The van der Waals surface area contributed by atoms with Gasteiger partial charge in [-0.25, -0.2) is 0 Å². The molecule has 18 heavy (non-hydrogen) atoms. The second-order valence-corrected chi connectivity index (χ2v) is 6.73. The molecule has 1 aliphatic carbocycles. The molecule has 1 aromatic rings. The monoisotopic (exact) mass is 307 g/mol. The van der Waals surface area contributed by atoms with Gasteiger partial charge in [-0.1, -0.05) is 23.2 Å². The first-order valence-corrected chi connectivity index (χ1v) is 7.88. The van der Waals surface area contributed by atoms with Crippen LogP contribution in [-0.4, -0.2) is 33.8 Å². The summed E-state index contributed by atoms with van der Waals surface area (Å²) < 4.78 is 12.1. The molecule has 1 aliphatic rings. The molecular weight excluding hydrogens is 293 g/mol. The molecule has 1 saturated carbocycles. The minimum absolute atomic E-state index is 0.166. The average molecular weight is 308 g/mol. The first-order chi connectivity index (χ1) is 8.56. The van der Waals surface area contributed by atoms with E-state index < -0.39 is 16.9 Å². The van der Waals surface area contributed by atoms with Crippen molar-refractivity contribution in [1.82, 2.24) is 5.32 Å². The highest BCUT2D eigenvalue weighted by molar-refractivity contribution is 7.85. The minimum Gasteiger partial charge on any atom is -0.391 e. The maximum Gasteiger partial charge on any atom is 0.0783 e. The van der Waals surface area contributed by atoms with Crippen LogP contribution in [0.1, 0.15) is 12.8 Å². The van der Waals surface area contributed by atoms with Crippen molar-refractivity contribution >= 4 is 34.0 Å². The fourth-order valence-electron chi connectivity index (χ4n) is 1.57. The normalized spacial score (nSPS) is 18.6. The Balaban J connectivity index is 1.91. The lowest BCUT2D eigenvalue weighted by Crippen LogP contribution is -2.32. The van der Waals surface area contributed by atoms with E-state index in [1.54, 1.807) is 18.2 Å². The molecule has 1 fully saturated rings. The average Bonchev–Trinajstić information content (AvgIpc) is 3.13. The van der Waals surface area contributed by atoms with Gasteiger partial charge in [-0.2, -0.15) is 0 Å².